The molecular weight excluding hydrogens is 477 g/mol. The molecule has 0 saturated heterocycles. The molecule has 0 unspecified atom stereocenters. The summed E-state index contributed by atoms with van der Waals surface area (Å²) in [6, 6.07) is 6.62. The van der Waals surface area contributed by atoms with Crippen LogP contribution < -0.4 is 0 Å². The van der Waals surface area contributed by atoms with Crippen molar-refractivity contribution < 1.29 is 27.8 Å². The minimum atomic E-state index is -3.69. The number of carbonyl (C=O) groups is 2. The van der Waals surface area contributed by atoms with Gasteiger partial charge < -0.3 is 9.47 Å². The maximum atomic E-state index is 13.3. The molecule has 1 rings (SSSR count). The molecule has 0 radical (unpaired) electrons. The van der Waals surface area contributed by atoms with Crippen molar-refractivity contribution in [1.82, 2.24) is 0 Å². The van der Waals surface area contributed by atoms with Crippen LogP contribution in [0.4, 0.5) is 8.78 Å². The number of rotatable bonds is 6. The summed E-state index contributed by atoms with van der Waals surface area (Å²) in [4.78, 5) is 22.6. The van der Waals surface area contributed by atoms with E-state index < -0.39 is 17.9 Å². The third-order valence-corrected chi connectivity index (χ3v) is 3.77. The average molecular weight is 489 g/mol. The van der Waals surface area contributed by atoms with E-state index in [-0.39, 0.29) is 16.6 Å². The summed E-state index contributed by atoms with van der Waals surface area (Å²) in [7, 11) is 0.886. The molecule has 0 saturated carbocycles. The summed E-state index contributed by atoms with van der Waals surface area (Å²) in [6.45, 7) is -0.0721. The zero-order valence-electron chi connectivity index (χ0n) is 11.4. The molecule has 0 aliphatic heterocycles. The van der Waals surface area contributed by atoms with E-state index in [9.17, 15) is 18.4 Å². The Bertz CT molecular complexity index is 590. The van der Waals surface area contributed by atoms with Crippen LogP contribution in [-0.2, 0) is 14.3 Å². The first kappa shape index (κ1) is 19.0. The summed E-state index contributed by atoms with van der Waals surface area (Å²) in [5.74, 6) is -5.88. The predicted molar refractivity (Wildman–Crippen MR) is 88.1 cm³/mol. The van der Waals surface area contributed by atoms with Crippen molar-refractivity contribution in [3.8, 4) is 0 Å². The molecule has 22 heavy (non-hydrogen) atoms. The van der Waals surface area contributed by atoms with Crippen LogP contribution in [0.5, 0.6) is 0 Å². The number of alkyl halides is 2. The SMILES string of the molecule is COC(=O)C(F)(F)C=C(I)CCOC(=O)c1cccc(Br)c1. The lowest BCUT2D eigenvalue weighted by molar-refractivity contribution is -0.161. The van der Waals surface area contributed by atoms with Crippen LogP contribution in [-0.4, -0.2) is 31.6 Å². The third kappa shape index (κ3) is 5.99. The zero-order valence-corrected chi connectivity index (χ0v) is 15.2. The van der Waals surface area contributed by atoms with E-state index in [1.165, 1.54) is 0 Å². The number of hydrogen-bond donors (Lipinski definition) is 0. The van der Waals surface area contributed by atoms with Crippen LogP contribution in [0.2, 0.25) is 0 Å². The first-order chi connectivity index (χ1) is 10.3. The standard InChI is InChI=1S/C14H12BrF2IO4/c1-21-13(20)14(16,17)8-11(18)5-6-22-12(19)9-3-2-4-10(15)7-9/h2-4,7-8H,5-6H2,1H3. The number of hydrogen-bond acceptors (Lipinski definition) is 4. The van der Waals surface area contributed by atoms with Gasteiger partial charge in [-0.25, -0.2) is 9.59 Å². The number of methoxy groups -OCH3 is 1. The van der Waals surface area contributed by atoms with Crippen molar-refractivity contribution in [2.75, 3.05) is 13.7 Å². The van der Waals surface area contributed by atoms with Gasteiger partial charge in [0.05, 0.1) is 19.3 Å². The van der Waals surface area contributed by atoms with E-state index in [1.807, 2.05) is 0 Å². The molecule has 0 heterocycles. The van der Waals surface area contributed by atoms with E-state index >= 15 is 0 Å². The van der Waals surface area contributed by atoms with Gasteiger partial charge in [0, 0.05) is 17.0 Å². The minimum Gasteiger partial charge on any atom is -0.464 e. The van der Waals surface area contributed by atoms with Crippen molar-refractivity contribution in [3.05, 3.63) is 44.0 Å². The van der Waals surface area contributed by atoms with E-state index in [0.29, 0.717) is 11.6 Å². The molecular formula is C14H12BrF2IO4. The number of esters is 2. The highest BCUT2D eigenvalue weighted by Gasteiger charge is 2.37. The highest BCUT2D eigenvalue weighted by molar-refractivity contribution is 14.1. The number of ether oxygens (including phenoxy) is 2. The molecule has 0 spiro atoms. The lowest BCUT2D eigenvalue weighted by atomic mass is 10.2. The van der Waals surface area contributed by atoms with Gasteiger partial charge in [-0.2, -0.15) is 8.78 Å². The van der Waals surface area contributed by atoms with Gasteiger partial charge in [0.25, 0.3) is 0 Å². The lowest BCUT2D eigenvalue weighted by Crippen LogP contribution is -2.27. The molecule has 1 aromatic carbocycles. The monoisotopic (exact) mass is 488 g/mol. The van der Waals surface area contributed by atoms with Crippen LogP contribution in [0, 0.1) is 0 Å². The number of benzene rings is 1. The van der Waals surface area contributed by atoms with E-state index in [2.05, 4.69) is 20.7 Å². The Morgan fingerprint density at radius 3 is 2.68 bits per heavy atom. The largest absolute Gasteiger partial charge is 0.464 e. The Kier molecular flexibility index (Phi) is 7.40. The molecule has 1 aromatic rings. The predicted octanol–water partition coefficient (Wildman–Crippen LogP) is 4.12. The first-order valence-corrected chi connectivity index (χ1v) is 7.89. The molecule has 0 aliphatic rings. The Morgan fingerprint density at radius 1 is 1.41 bits per heavy atom. The van der Waals surface area contributed by atoms with E-state index in [0.717, 1.165) is 11.6 Å². The van der Waals surface area contributed by atoms with Gasteiger partial charge in [-0.15, -0.1) is 0 Å². The molecule has 0 aromatic heterocycles. The van der Waals surface area contributed by atoms with Gasteiger partial charge in [0.15, 0.2) is 0 Å². The zero-order chi connectivity index (χ0) is 16.8. The third-order valence-electron chi connectivity index (χ3n) is 2.43. The van der Waals surface area contributed by atoms with E-state index in [1.54, 1.807) is 46.9 Å². The van der Waals surface area contributed by atoms with Crippen LogP contribution in [0.1, 0.15) is 16.8 Å². The van der Waals surface area contributed by atoms with Crippen LogP contribution in [0.25, 0.3) is 0 Å². The average Bonchev–Trinajstić information content (AvgIpc) is 2.45. The Hall–Kier alpha value is -1.03. The fourth-order valence-corrected chi connectivity index (χ4v) is 2.41. The van der Waals surface area contributed by atoms with Crippen molar-refractivity contribution >= 4 is 50.5 Å². The van der Waals surface area contributed by atoms with Crippen LogP contribution in [0.3, 0.4) is 0 Å². The summed E-state index contributed by atoms with van der Waals surface area (Å²) >= 11 is 4.89. The summed E-state index contributed by atoms with van der Waals surface area (Å²) in [6.07, 6.45) is 0.569. The van der Waals surface area contributed by atoms with Gasteiger partial charge in [0.1, 0.15) is 0 Å². The van der Waals surface area contributed by atoms with Crippen LogP contribution >= 0.6 is 38.5 Å². The molecule has 0 amide bonds. The second-order valence-corrected chi connectivity index (χ2v) is 6.40. The Morgan fingerprint density at radius 2 is 2.09 bits per heavy atom. The summed E-state index contributed by atoms with van der Waals surface area (Å²) in [5, 5.41) is 0. The smallest absolute Gasteiger partial charge is 0.381 e. The second-order valence-electron chi connectivity index (χ2n) is 4.10. The van der Waals surface area contributed by atoms with Gasteiger partial charge in [0.2, 0.25) is 0 Å². The topological polar surface area (TPSA) is 52.6 Å². The number of carbonyl (C=O) groups excluding carboxylic acids is 2. The van der Waals surface area contributed by atoms with E-state index in [4.69, 9.17) is 4.74 Å². The van der Waals surface area contributed by atoms with Crippen molar-refractivity contribution in [3.63, 3.8) is 0 Å². The highest BCUT2D eigenvalue weighted by atomic mass is 127. The molecule has 0 bridgehead atoms. The molecule has 0 N–H and O–H groups in total. The molecule has 0 atom stereocenters. The van der Waals surface area contributed by atoms with Gasteiger partial charge >= 0.3 is 17.9 Å². The fourth-order valence-electron chi connectivity index (χ4n) is 1.40. The molecule has 0 fully saturated rings. The molecule has 120 valence electrons. The lowest BCUT2D eigenvalue weighted by Gasteiger charge is -2.10. The Balaban J connectivity index is 2.53. The normalized spacial score (nSPS) is 12.0. The van der Waals surface area contributed by atoms with Crippen LogP contribution in [0.15, 0.2) is 38.4 Å². The molecule has 8 heteroatoms. The summed E-state index contributed by atoms with van der Waals surface area (Å²) in [5.41, 5.74) is 0.355. The minimum absolute atomic E-state index is 0.0721. The first-order valence-electron chi connectivity index (χ1n) is 6.02. The fraction of sp³-hybridized carbons (Fsp3) is 0.286. The second kappa shape index (κ2) is 8.56. The van der Waals surface area contributed by atoms with Gasteiger partial charge in [-0.3, -0.25) is 0 Å². The van der Waals surface area contributed by atoms with Gasteiger partial charge in [-0.1, -0.05) is 22.0 Å². The molecule has 4 nitrogen and oxygen atoms in total. The van der Waals surface area contributed by atoms with Crippen molar-refractivity contribution in [2.24, 2.45) is 0 Å². The van der Waals surface area contributed by atoms with Crippen molar-refractivity contribution in [2.45, 2.75) is 12.3 Å². The Labute approximate surface area is 148 Å². The quantitative estimate of drug-likeness (QED) is 0.446. The molecule has 0 aliphatic carbocycles. The van der Waals surface area contributed by atoms with Gasteiger partial charge in [-0.05, 0) is 44.4 Å². The highest BCUT2D eigenvalue weighted by Crippen LogP contribution is 2.24. The number of halogens is 4. The van der Waals surface area contributed by atoms with Crippen molar-refractivity contribution in [1.29, 1.82) is 0 Å². The summed E-state index contributed by atoms with van der Waals surface area (Å²) < 4.78 is 36.5. The maximum Gasteiger partial charge on any atom is 0.381 e. The maximum absolute atomic E-state index is 13.3.